The van der Waals surface area contributed by atoms with E-state index in [9.17, 15) is 4.79 Å². The van der Waals surface area contributed by atoms with Crippen LogP contribution >= 0.6 is 23.2 Å². The van der Waals surface area contributed by atoms with Crippen LogP contribution in [0, 0.1) is 0 Å². The number of hydrogen-bond acceptors (Lipinski definition) is 2. The van der Waals surface area contributed by atoms with Gasteiger partial charge in [0.25, 0.3) is 5.91 Å². The van der Waals surface area contributed by atoms with Crippen molar-refractivity contribution >= 4 is 29.1 Å². The second-order valence-corrected chi connectivity index (χ2v) is 8.72. The Kier molecular flexibility index (Phi) is 9.22. The summed E-state index contributed by atoms with van der Waals surface area (Å²) in [6.07, 6.45) is 2.23. The van der Waals surface area contributed by atoms with Gasteiger partial charge in [-0.1, -0.05) is 47.5 Å². The SMILES string of the molecule is C[N+](C)(Cc1ccc(CNC(=O)c2ccc(Cl)c(Cl)c2)cc1)C1CCOCC1.[I-]. The maximum atomic E-state index is 12.3. The van der Waals surface area contributed by atoms with E-state index in [1.54, 1.807) is 18.2 Å². The number of nitrogens with zero attached hydrogens (tertiary/aromatic N) is 1. The summed E-state index contributed by atoms with van der Waals surface area (Å²) in [6, 6.07) is 14.0. The second-order valence-electron chi connectivity index (χ2n) is 7.91. The lowest BCUT2D eigenvalue weighted by molar-refractivity contribution is -0.929. The van der Waals surface area contributed by atoms with Gasteiger partial charge in [0.2, 0.25) is 0 Å². The lowest BCUT2D eigenvalue weighted by atomic mass is 10.0. The molecule has 4 nitrogen and oxygen atoms in total. The molecule has 1 aliphatic rings. The van der Waals surface area contributed by atoms with Gasteiger partial charge in [-0.15, -0.1) is 0 Å². The van der Waals surface area contributed by atoms with Gasteiger partial charge in [0, 0.05) is 30.5 Å². The third kappa shape index (κ3) is 6.82. The van der Waals surface area contributed by atoms with Gasteiger partial charge in [-0.3, -0.25) is 4.79 Å². The summed E-state index contributed by atoms with van der Waals surface area (Å²) >= 11 is 11.9. The predicted molar refractivity (Wildman–Crippen MR) is 114 cm³/mol. The summed E-state index contributed by atoms with van der Waals surface area (Å²) < 4.78 is 6.46. The first-order chi connectivity index (χ1) is 13.3. The van der Waals surface area contributed by atoms with E-state index in [0.29, 0.717) is 28.2 Å². The van der Waals surface area contributed by atoms with Crippen LogP contribution in [0.4, 0.5) is 0 Å². The Morgan fingerprint density at radius 3 is 2.28 bits per heavy atom. The average Bonchev–Trinajstić information content (AvgIpc) is 2.70. The first-order valence-electron chi connectivity index (χ1n) is 9.56. The summed E-state index contributed by atoms with van der Waals surface area (Å²) in [5.74, 6) is -0.167. The van der Waals surface area contributed by atoms with Crippen LogP contribution < -0.4 is 29.3 Å². The fourth-order valence-electron chi connectivity index (χ4n) is 3.67. The number of benzene rings is 2. The standard InChI is InChI=1S/C22H26Cl2N2O2.HI/c1-26(2,19-9-11-28-12-10-19)15-17-5-3-16(4-6-17)14-25-22(27)18-7-8-20(23)21(24)13-18;/h3-8,13,19H,9-12,14-15H2,1-2H3;1H. The third-order valence-electron chi connectivity index (χ3n) is 5.43. The molecule has 1 amide bonds. The molecule has 0 unspecified atom stereocenters. The van der Waals surface area contributed by atoms with Crippen molar-refractivity contribution in [2.45, 2.75) is 32.0 Å². The number of carbonyl (C=O) groups excluding carboxylic acids is 1. The van der Waals surface area contributed by atoms with E-state index < -0.39 is 0 Å². The lowest BCUT2D eigenvalue weighted by Crippen LogP contribution is -3.00. The highest BCUT2D eigenvalue weighted by Gasteiger charge is 2.30. The minimum Gasteiger partial charge on any atom is -1.00 e. The summed E-state index contributed by atoms with van der Waals surface area (Å²) in [7, 11) is 4.59. The molecule has 2 aromatic carbocycles. The van der Waals surface area contributed by atoms with Crippen LogP contribution in [0.1, 0.15) is 34.3 Å². The molecule has 0 atom stereocenters. The van der Waals surface area contributed by atoms with Crippen molar-refractivity contribution in [2.75, 3.05) is 27.3 Å². The van der Waals surface area contributed by atoms with Gasteiger partial charge in [0.1, 0.15) is 6.54 Å². The topological polar surface area (TPSA) is 38.3 Å². The maximum Gasteiger partial charge on any atom is 0.251 e. The highest BCUT2D eigenvalue weighted by molar-refractivity contribution is 6.42. The molecular weight excluding hydrogens is 522 g/mol. The fraction of sp³-hybridized carbons (Fsp3) is 0.409. The van der Waals surface area contributed by atoms with E-state index >= 15 is 0 Å². The van der Waals surface area contributed by atoms with Gasteiger partial charge in [-0.05, 0) is 23.8 Å². The van der Waals surface area contributed by atoms with Gasteiger partial charge in [0.15, 0.2) is 0 Å². The predicted octanol–water partition coefficient (Wildman–Crippen LogP) is 1.68. The smallest absolute Gasteiger partial charge is 0.251 e. The van der Waals surface area contributed by atoms with Crippen LogP contribution in [0.25, 0.3) is 0 Å². The molecule has 7 heteroatoms. The number of amides is 1. The summed E-state index contributed by atoms with van der Waals surface area (Å²) in [5, 5.41) is 3.74. The molecule has 1 aliphatic heterocycles. The van der Waals surface area contributed by atoms with E-state index in [-0.39, 0.29) is 29.9 Å². The van der Waals surface area contributed by atoms with Crippen molar-refractivity contribution in [1.82, 2.24) is 5.32 Å². The summed E-state index contributed by atoms with van der Waals surface area (Å²) in [6.45, 7) is 3.19. The van der Waals surface area contributed by atoms with E-state index in [2.05, 4.69) is 43.7 Å². The zero-order valence-electron chi connectivity index (χ0n) is 16.8. The number of rotatable bonds is 6. The molecule has 2 aromatic rings. The van der Waals surface area contributed by atoms with Crippen LogP contribution in [0.5, 0.6) is 0 Å². The second kappa shape index (κ2) is 11.0. The highest BCUT2D eigenvalue weighted by Crippen LogP contribution is 2.23. The van der Waals surface area contributed by atoms with Crippen molar-refractivity contribution < 1.29 is 38.0 Å². The summed E-state index contributed by atoms with van der Waals surface area (Å²) in [5.41, 5.74) is 2.87. The molecule has 29 heavy (non-hydrogen) atoms. The van der Waals surface area contributed by atoms with Gasteiger partial charge in [0.05, 0.1) is 43.4 Å². The molecule has 0 bridgehead atoms. The molecule has 1 saturated heterocycles. The van der Waals surface area contributed by atoms with Crippen LogP contribution in [0.2, 0.25) is 10.0 Å². The molecule has 1 heterocycles. The quantitative estimate of drug-likeness (QED) is 0.441. The van der Waals surface area contributed by atoms with Crippen LogP contribution in [-0.4, -0.2) is 43.7 Å². The molecule has 3 rings (SSSR count). The molecular formula is C22H27Cl2IN2O2. The number of quaternary nitrogens is 1. The largest absolute Gasteiger partial charge is 1.00 e. The maximum absolute atomic E-state index is 12.3. The zero-order chi connectivity index (χ0) is 20.1. The fourth-order valence-corrected chi connectivity index (χ4v) is 3.97. The Labute approximate surface area is 200 Å². The first-order valence-corrected chi connectivity index (χ1v) is 10.3. The van der Waals surface area contributed by atoms with Crippen molar-refractivity contribution in [3.63, 3.8) is 0 Å². The number of ether oxygens (including phenoxy) is 1. The number of carbonyl (C=O) groups is 1. The lowest BCUT2D eigenvalue weighted by Gasteiger charge is -2.40. The van der Waals surface area contributed by atoms with Crippen molar-refractivity contribution in [3.8, 4) is 0 Å². The van der Waals surface area contributed by atoms with Gasteiger partial charge in [-0.25, -0.2) is 0 Å². The molecule has 0 saturated carbocycles. The Morgan fingerprint density at radius 1 is 1.03 bits per heavy atom. The molecule has 0 spiro atoms. The highest BCUT2D eigenvalue weighted by atomic mass is 127. The van der Waals surface area contributed by atoms with Gasteiger partial charge in [-0.2, -0.15) is 0 Å². The van der Waals surface area contributed by atoms with Crippen molar-refractivity contribution in [2.24, 2.45) is 0 Å². The first kappa shape index (κ1) is 24.4. The Balaban J connectivity index is 0.00000300. The van der Waals surface area contributed by atoms with E-state index in [1.165, 1.54) is 5.56 Å². The molecule has 0 radical (unpaired) electrons. The van der Waals surface area contributed by atoms with E-state index in [0.717, 1.165) is 42.6 Å². The Morgan fingerprint density at radius 2 is 1.66 bits per heavy atom. The molecule has 0 aromatic heterocycles. The average molecular weight is 549 g/mol. The molecule has 1 fully saturated rings. The number of hydrogen-bond donors (Lipinski definition) is 1. The van der Waals surface area contributed by atoms with E-state index in [1.807, 2.05) is 0 Å². The van der Waals surface area contributed by atoms with Crippen molar-refractivity contribution in [3.05, 3.63) is 69.2 Å². The van der Waals surface area contributed by atoms with Crippen LogP contribution in [-0.2, 0) is 17.8 Å². The molecule has 158 valence electrons. The number of nitrogens with one attached hydrogen (secondary N) is 1. The Bertz CT molecular complexity index is 822. The van der Waals surface area contributed by atoms with Gasteiger partial charge < -0.3 is 38.5 Å². The van der Waals surface area contributed by atoms with Crippen LogP contribution in [0.3, 0.4) is 0 Å². The third-order valence-corrected chi connectivity index (χ3v) is 6.17. The minimum absolute atomic E-state index is 0. The minimum atomic E-state index is -0.167. The zero-order valence-corrected chi connectivity index (χ0v) is 20.4. The van der Waals surface area contributed by atoms with E-state index in [4.69, 9.17) is 27.9 Å². The Hall–Kier alpha value is -0.860. The van der Waals surface area contributed by atoms with Gasteiger partial charge >= 0.3 is 0 Å². The normalized spacial score (nSPS) is 14.9. The molecule has 0 aliphatic carbocycles. The van der Waals surface area contributed by atoms with Crippen molar-refractivity contribution in [1.29, 1.82) is 0 Å². The summed E-state index contributed by atoms with van der Waals surface area (Å²) in [4.78, 5) is 12.3. The monoisotopic (exact) mass is 548 g/mol. The van der Waals surface area contributed by atoms with Crippen LogP contribution in [0.15, 0.2) is 42.5 Å². The number of halogens is 3. The molecule has 1 N–H and O–H groups in total.